The first-order chi connectivity index (χ1) is 22.2. The molecule has 44 heavy (non-hydrogen) atoms. The van der Waals surface area contributed by atoms with Crippen LogP contribution in [0.3, 0.4) is 0 Å². The molecule has 6 aromatic rings. The van der Waals surface area contributed by atoms with Gasteiger partial charge in [0, 0.05) is 38.2 Å². The van der Waals surface area contributed by atoms with Gasteiger partial charge in [-0.05, 0) is 39.2 Å². The third-order valence-electron chi connectivity index (χ3n) is 7.34. The summed E-state index contributed by atoms with van der Waals surface area (Å²) in [5.74, 6) is 5.21. The molecule has 3 heterocycles. The van der Waals surface area contributed by atoms with Gasteiger partial charge in [0.2, 0.25) is 0 Å². The van der Waals surface area contributed by atoms with Crippen molar-refractivity contribution in [2.24, 2.45) is 0 Å². The SMILES string of the molecule is [2H]C(C)(C)c1ccnc(-c2[c-]cc(F)c3c2sc2ccccc23)c1.[2H]C([2H])([2H])c1c[c-]c(-c2cc(C([2H])(C)C)[c]([Ge]([CH3])([CH3])[CH3])cn2)cc1.[Ir]. The van der Waals surface area contributed by atoms with Crippen LogP contribution in [0.4, 0.5) is 4.39 Å². The van der Waals surface area contributed by atoms with E-state index in [0.717, 1.165) is 48.4 Å². The van der Waals surface area contributed by atoms with Crippen LogP contribution in [0.5, 0.6) is 0 Å². The molecular formula is C38H39FGeIrN2S-2. The number of hydrogen-bond donors (Lipinski definition) is 0. The summed E-state index contributed by atoms with van der Waals surface area (Å²) in [4.78, 5) is 9.02. The molecule has 0 fully saturated rings. The quantitative estimate of drug-likeness (QED) is 0.128. The summed E-state index contributed by atoms with van der Waals surface area (Å²) in [6.07, 6.45) is 3.61. The molecule has 0 aliphatic carbocycles. The Hall–Kier alpha value is -2.70. The van der Waals surface area contributed by atoms with Gasteiger partial charge in [0.1, 0.15) is 0 Å². The van der Waals surface area contributed by atoms with Gasteiger partial charge in [0.25, 0.3) is 0 Å². The van der Waals surface area contributed by atoms with E-state index in [2.05, 4.69) is 39.4 Å². The molecule has 0 saturated carbocycles. The predicted octanol–water partition coefficient (Wildman–Crippen LogP) is 10.7. The minimum Gasteiger partial charge on any atom is 0 e. The van der Waals surface area contributed by atoms with Gasteiger partial charge in [-0.25, -0.2) is 0 Å². The molecule has 3 aromatic carbocycles. The van der Waals surface area contributed by atoms with Crippen molar-refractivity contribution in [3.8, 4) is 22.5 Å². The summed E-state index contributed by atoms with van der Waals surface area (Å²) in [5, 5.41) is 1.55. The number of aromatic nitrogens is 2. The van der Waals surface area contributed by atoms with E-state index in [1.54, 1.807) is 29.7 Å². The van der Waals surface area contributed by atoms with Crippen molar-refractivity contribution < 1.29 is 31.3 Å². The van der Waals surface area contributed by atoms with Gasteiger partial charge in [-0.15, -0.1) is 17.7 Å². The molecule has 0 aliphatic heterocycles. The Balaban J connectivity index is 0.000000216. The number of rotatable bonds is 5. The fourth-order valence-corrected chi connectivity index (χ4v) is 9.54. The van der Waals surface area contributed by atoms with Gasteiger partial charge < -0.3 is 4.98 Å². The fraction of sp³-hybridized carbons (Fsp3) is 0.263. The van der Waals surface area contributed by atoms with E-state index in [-0.39, 0.29) is 31.5 Å². The first kappa shape index (κ1) is 27.6. The predicted molar refractivity (Wildman–Crippen MR) is 186 cm³/mol. The third kappa shape index (κ3) is 7.39. The second-order valence-electron chi connectivity index (χ2n) is 12.1. The fourth-order valence-electron chi connectivity index (χ4n) is 5.00. The zero-order valence-electron chi connectivity index (χ0n) is 31.0. The molecule has 6 heteroatoms. The second kappa shape index (κ2) is 14.2. The summed E-state index contributed by atoms with van der Waals surface area (Å²) in [6.45, 7) is 5.35. The van der Waals surface area contributed by atoms with Gasteiger partial charge in [-0.2, -0.15) is 11.3 Å². The Morgan fingerprint density at radius 3 is 2.34 bits per heavy atom. The minimum absolute atomic E-state index is 0. The second-order valence-corrected chi connectivity index (χ2v) is 23.7. The molecule has 0 spiro atoms. The molecule has 1 radical (unpaired) electrons. The van der Waals surface area contributed by atoms with E-state index in [1.165, 1.54) is 16.5 Å². The van der Waals surface area contributed by atoms with Gasteiger partial charge in [0.05, 0.1) is 0 Å². The van der Waals surface area contributed by atoms with Crippen LogP contribution < -0.4 is 4.40 Å². The molecule has 0 bridgehead atoms. The monoisotopic (exact) mass is 846 g/mol. The van der Waals surface area contributed by atoms with Gasteiger partial charge in [-0.3, -0.25) is 4.39 Å². The maximum atomic E-state index is 14.4. The van der Waals surface area contributed by atoms with Crippen molar-refractivity contribution >= 4 is 49.2 Å². The largest absolute Gasteiger partial charge is 0 e. The van der Waals surface area contributed by atoms with Crippen molar-refractivity contribution in [2.75, 3.05) is 0 Å². The number of hydrogen-bond acceptors (Lipinski definition) is 3. The molecule has 3 aromatic heterocycles. The third-order valence-corrected chi connectivity index (χ3v) is 12.8. The number of aryl methyl sites for hydroxylation is 1. The average molecular weight is 845 g/mol. The van der Waals surface area contributed by atoms with Crippen molar-refractivity contribution in [3.05, 3.63) is 114 Å². The van der Waals surface area contributed by atoms with Gasteiger partial charge >= 0.3 is 131 Å². The molecule has 0 atom stereocenters. The van der Waals surface area contributed by atoms with Crippen molar-refractivity contribution in [1.82, 2.24) is 9.97 Å². The maximum absolute atomic E-state index is 14.4. The first-order valence-electron chi connectivity index (χ1n) is 16.8. The summed E-state index contributed by atoms with van der Waals surface area (Å²) >= 11 is -0.588. The van der Waals surface area contributed by atoms with E-state index < -0.39 is 31.9 Å². The van der Waals surface area contributed by atoms with E-state index in [0.29, 0.717) is 5.39 Å². The first-order valence-corrected chi connectivity index (χ1v) is 22.4. The molecule has 229 valence electrons. The maximum Gasteiger partial charge on any atom is 0 e. The molecular weight excluding hydrogens is 800 g/mol. The Labute approximate surface area is 288 Å². The van der Waals surface area contributed by atoms with Crippen LogP contribution in [0, 0.1) is 24.8 Å². The standard InChI is InChI=1S/C20H15FNS.C18H24GeN.Ir/c1-12(2)13-9-10-22-17(11-13)14-7-8-16(21)19-15-5-3-4-6-18(15)23-20(14)19;1-13(2)16-11-18(15-9-7-14(3)8-10-15)20-12-17(16)19(4,5)6;/h3-6,8-12H,1-2H3;7-9,11-13H,1-6H3;/q2*-1;/i12D;3D3,13D;. The van der Waals surface area contributed by atoms with Gasteiger partial charge in [-0.1, -0.05) is 43.7 Å². The summed E-state index contributed by atoms with van der Waals surface area (Å²) < 4.78 is 56.6. The zero-order chi connectivity index (χ0) is 35.2. The number of pyridine rings is 2. The molecule has 0 amide bonds. The topological polar surface area (TPSA) is 25.8 Å². The Bertz CT molecular complexity index is 2090. The summed E-state index contributed by atoms with van der Waals surface area (Å²) in [7, 11) is 0. The summed E-state index contributed by atoms with van der Waals surface area (Å²) in [5.41, 5.74) is 5.16. The summed E-state index contributed by atoms with van der Waals surface area (Å²) in [6, 6.07) is 25.9. The van der Waals surface area contributed by atoms with Crippen LogP contribution in [0.25, 0.3) is 42.7 Å². The van der Waals surface area contributed by atoms with Crippen LogP contribution >= 0.6 is 11.3 Å². The van der Waals surface area contributed by atoms with Crippen LogP contribution in [0.2, 0.25) is 17.3 Å². The van der Waals surface area contributed by atoms with Crippen LogP contribution in [-0.2, 0) is 20.1 Å². The number of fused-ring (bicyclic) bond motifs is 3. The van der Waals surface area contributed by atoms with E-state index in [9.17, 15) is 4.39 Å². The molecule has 0 aliphatic rings. The molecule has 0 unspecified atom stereocenters. The van der Waals surface area contributed by atoms with E-state index in [1.807, 2.05) is 76.4 Å². The molecule has 0 saturated heterocycles. The number of nitrogens with zero attached hydrogens (tertiary/aromatic N) is 2. The van der Waals surface area contributed by atoms with Crippen LogP contribution in [-0.4, -0.2) is 23.2 Å². The van der Waals surface area contributed by atoms with E-state index in [4.69, 9.17) is 6.85 Å². The number of benzene rings is 3. The van der Waals surface area contributed by atoms with Crippen molar-refractivity contribution in [3.63, 3.8) is 0 Å². The number of thiophene rings is 1. The van der Waals surface area contributed by atoms with Crippen LogP contribution in [0.1, 0.15) is 63.0 Å². The van der Waals surface area contributed by atoms with Crippen molar-refractivity contribution in [1.29, 1.82) is 0 Å². The average Bonchev–Trinajstić information content (AvgIpc) is 3.40. The minimum atomic E-state index is -2.14. The smallest absolute Gasteiger partial charge is 0 e. The Morgan fingerprint density at radius 1 is 0.909 bits per heavy atom. The molecule has 6 rings (SSSR count). The Morgan fingerprint density at radius 2 is 1.68 bits per heavy atom. The number of halogens is 1. The zero-order valence-corrected chi connectivity index (χ0v) is 31.3. The Kier molecular flexibility index (Phi) is 8.88. The van der Waals surface area contributed by atoms with Gasteiger partial charge in [0.15, 0.2) is 0 Å². The van der Waals surface area contributed by atoms with E-state index >= 15 is 0 Å². The normalized spacial score (nSPS) is 14.0. The molecule has 0 N–H and O–H groups in total. The van der Waals surface area contributed by atoms with Crippen molar-refractivity contribution in [2.45, 2.75) is 63.6 Å². The molecule has 2 nitrogen and oxygen atoms in total. The van der Waals surface area contributed by atoms with Crippen LogP contribution in [0.15, 0.2) is 79.1 Å².